The number of benzene rings is 1. The molecule has 4 heteroatoms. The molecule has 16 heavy (non-hydrogen) atoms. The van der Waals surface area contributed by atoms with Gasteiger partial charge in [-0.05, 0) is 23.8 Å². The molecule has 0 saturated heterocycles. The quantitative estimate of drug-likeness (QED) is 0.747. The van der Waals surface area contributed by atoms with Gasteiger partial charge in [0, 0.05) is 6.42 Å². The predicted molar refractivity (Wildman–Crippen MR) is 53.1 cm³/mol. The maximum absolute atomic E-state index is 13.3. The molecule has 0 amide bonds. The average molecular weight is 222 g/mol. The lowest BCUT2D eigenvalue weighted by molar-refractivity contribution is 0.0988. The van der Waals surface area contributed by atoms with Gasteiger partial charge < -0.3 is 4.42 Å². The fraction of sp³-hybridized carbons (Fsp3) is 0.0833. The summed E-state index contributed by atoms with van der Waals surface area (Å²) in [5.41, 5.74) is 0.398. The van der Waals surface area contributed by atoms with E-state index < -0.39 is 17.4 Å². The standard InChI is InChI=1S/C12H8F2O2/c13-10-3-1-2-9(12(10)14)11(15)6-8-4-5-16-7-8/h1-5,7H,6H2. The molecule has 0 fully saturated rings. The molecule has 2 aromatic rings. The Kier molecular flexibility index (Phi) is 2.81. The van der Waals surface area contributed by atoms with Gasteiger partial charge in [0.15, 0.2) is 17.4 Å². The minimum absolute atomic E-state index is 0.00310. The predicted octanol–water partition coefficient (Wildman–Crippen LogP) is 2.98. The molecule has 82 valence electrons. The van der Waals surface area contributed by atoms with Crippen molar-refractivity contribution >= 4 is 5.78 Å². The molecular weight excluding hydrogens is 214 g/mol. The summed E-state index contributed by atoms with van der Waals surface area (Å²) in [5, 5.41) is 0. The Hall–Kier alpha value is -1.97. The molecule has 0 atom stereocenters. The first-order valence-corrected chi connectivity index (χ1v) is 4.67. The van der Waals surface area contributed by atoms with Crippen LogP contribution in [-0.4, -0.2) is 5.78 Å². The summed E-state index contributed by atoms with van der Waals surface area (Å²) in [6.07, 6.45) is 2.82. The number of hydrogen-bond acceptors (Lipinski definition) is 2. The number of Topliss-reactive ketones (excluding diaryl/α,β-unsaturated/α-hetero) is 1. The highest BCUT2D eigenvalue weighted by molar-refractivity contribution is 5.97. The van der Waals surface area contributed by atoms with Gasteiger partial charge in [-0.1, -0.05) is 6.07 Å². The molecule has 0 aliphatic heterocycles. The largest absolute Gasteiger partial charge is 0.472 e. The lowest BCUT2D eigenvalue weighted by Gasteiger charge is -2.01. The van der Waals surface area contributed by atoms with Crippen molar-refractivity contribution < 1.29 is 18.0 Å². The molecule has 0 aliphatic rings. The van der Waals surface area contributed by atoms with Crippen LogP contribution >= 0.6 is 0 Å². The van der Waals surface area contributed by atoms with Crippen LogP contribution in [0.1, 0.15) is 15.9 Å². The van der Waals surface area contributed by atoms with Gasteiger partial charge in [0.1, 0.15) is 0 Å². The van der Waals surface area contributed by atoms with Crippen molar-refractivity contribution in [1.29, 1.82) is 0 Å². The van der Waals surface area contributed by atoms with Gasteiger partial charge in [0.2, 0.25) is 0 Å². The summed E-state index contributed by atoms with van der Waals surface area (Å²) in [5.74, 6) is -2.59. The van der Waals surface area contributed by atoms with E-state index in [0.29, 0.717) is 5.56 Å². The third-order valence-electron chi connectivity index (χ3n) is 2.20. The van der Waals surface area contributed by atoms with Crippen LogP contribution in [0.3, 0.4) is 0 Å². The van der Waals surface area contributed by atoms with Crippen molar-refractivity contribution in [2.45, 2.75) is 6.42 Å². The van der Waals surface area contributed by atoms with E-state index in [9.17, 15) is 13.6 Å². The van der Waals surface area contributed by atoms with Crippen molar-refractivity contribution in [2.24, 2.45) is 0 Å². The summed E-state index contributed by atoms with van der Waals surface area (Å²) in [6.45, 7) is 0. The molecule has 1 heterocycles. The highest BCUT2D eigenvalue weighted by Crippen LogP contribution is 2.14. The van der Waals surface area contributed by atoms with Gasteiger partial charge in [-0.15, -0.1) is 0 Å². The van der Waals surface area contributed by atoms with Crippen molar-refractivity contribution in [3.63, 3.8) is 0 Å². The molecular formula is C12H8F2O2. The van der Waals surface area contributed by atoms with E-state index in [1.807, 2.05) is 0 Å². The molecule has 0 spiro atoms. The highest BCUT2D eigenvalue weighted by atomic mass is 19.2. The second kappa shape index (κ2) is 4.26. The van der Waals surface area contributed by atoms with Crippen LogP contribution in [0.2, 0.25) is 0 Å². The normalized spacial score (nSPS) is 10.4. The van der Waals surface area contributed by atoms with Crippen molar-refractivity contribution in [3.05, 3.63) is 59.6 Å². The van der Waals surface area contributed by atoms with Gasteiger partial charge in [0.05, 0.1) is 18.1 Å². The second-order valence-electron chi connectivity index (χ2n) is 3.33. The van der Waals surface area contributed by atoms with Gasteiger partial charge in [-0.25, -0.2) is 8.78 Å². The van der Waals surface area contributed by atoms with Crippen LogP contribution in [0, 0.1) is 11.6 Å². The zero-order valence-electron chi connectivity index (χ0n) is 8.24. The fourth-order valence-corrected chi connectivity index (χ4v) is 1.39. The van der Waals surface area contributed by atoms with Crippen molar-refractivity contribution in [1.82, 2.24) is 0 Å². The first-order valence-electron chi connectivity index (χ1n) is 4.67. The van der Waals surface area contributed by atoms with Crippen LogP contribution in [0.25, 0.3) is 0 Å². The number of furan rings is 1. The molecule has 0 saturated carbocycles. The summed E-state index contributed by atoms with van der Waals surface area (Å²) < 4.78 is 30.9. The molecule has 0 N–H and O–H groups in total. The maximum Gasteiger partial charge on any atom is 0.170 e. The molecule has 1 aromatic carbocycles. The number of carbonyl (C=O) groups is 1. The third kappa shape index (κ3) is 2.00. The molecule has 2 nitrogen and oxygen atoms in total. The molecule has 0 aliphatic carbocycles. The van der Waals surface area contributed by atoms with E-state index in [-0.39, 0.29) is 12.0 Å². The van der Waals surface area contributed by atoms with E-state index in [0.717, 1.165) is 6.07 Å². The van der Waals surface area contributed by atoms with E-state index in [4.69, 9.17) is 4.42 Å². The first kappa shape index (κ1) is 10.5. The zero-order chi connectivity index (χ0) is 11.5. The SMILES string of the molecule is O=C(Cc1ccoc1)c1cccc(F)c1F. The average Bonchev–Trinajstić information content (AvgIpc) is 2.74. The monoisotopic (exact) mass is 222 g/mol. The highest BCUT2D eigenvalue weighted by Gasteiger charge is 2.15. The molecule has 2 rings (SSSR count). The smallest absolute Gasteiger partial charge is 0.170 e. The number of halogens is 2. The zero-order valence-corrected chi connectivity index (χ0v) is 8.24. The van der Waals surface area contributed by atoms with E-state index in [1.165, 1.54) is 24.7 Å². The Bertz CT molecular complexity index is 504. The Labute approximate surface area is 90.5 Å². The number of hydrogen-bond donors (Lipinski definition) is 0. The van der Waals surface area contributed by atoms with Crippen LogP contribution in [0.5, 0.6) is 0 Å². The topological polar surface area (TPSA) is 30.2 Å². The van der Waals surface area contributed by atoms with Crippen molar-refractivity contribution in [2.75, 3.05) is 0 Å². The van der Waals surface area contributed by atoms with E-state index >= 15 is 0 Å². The summed E-state index contributed by atoms with van der Waals surface area (Å²) >= 11 is 0. The minimum Gasteiger partial charge on any atom is -0.472 e. The first-order chi connectivity index (χ1) is 7.68. The number of carbonyl (C=O) groups excluding carboxylic acids is 1. The number of rotatable bonds is 3. The molecule has 0 unspecified atom stereocenters. The lowest BCUT2D eigenvalue weighted by atomic mass is 10.0. The minimum atomic E-state index is -1.10. The Morgan fingerprint density at radius 3 is 2.75 bits per heavy atom. The van der Waals surface area contributed by atoms with Gasteiger partial charge in [0.25, 0.3) is 0 Å². The van der Waals surface area contributed by atoms with E-state index in [2.05, 4.69) is 0 Å². The number of ketones is 1. The van der Waals surface area contributed by atoms with Gasteiger partial charge in [-0.2, -0.15) is 0 Å². The molecule has 1 aromatic heterocycles. The molecule has 0 bridgehead atoms. The third-order valence-corrected chi connectivity index (χ3v) is 2.20. The Morgan fingerprint density at radius 1 is 1.25 bits per heavy atom. The summed E-state index contributed by atoms with van der Waals surface area (Å²) in [6, 6.07) is 5.15. The van der Waals surface area contributed by atoms with Crippen LogP contribution < -0.4 is 0 Å². The summed E-state index contributed by atoms with van der Waals surface area (Å²) in [7, 11) is 0. The van der Waals surface area contributed by atoms with Gasteiger partial charge in [-0.3, -0.25) is 4.79 Å². The summed E-state index contributed by atoms with van der Waals surface area (Å²) in [4.78, 5) is 11.6. The van der Waals surface area contributed by atoms with Crippen molar-refractivity contribution in [3.8, 4) is 0 Å². The van der Waals surface area contributed by atoms with Crippen LogP contribution in [0.15, 0.2) is 41.2 Å². The maximum atomic E-state index is 13.3. The van der Waals surface area contributed by atoms with E-state index in [1.54, 1.807) is 6.07 Å². The van der Waals surface area contributed by atoms with Crippen LogP contribution in [-0.2, 0) is 6.42 Å². The lowest BCUT2D eigenvalue weighted by Crippen LogP contribution is -2.06. The molecule has 0 radical (unpaired) electrons. The fourth-order valence-electron chi connectivity index (χ4n) is 1.39. The van der Waals surface area contributed by atoms with Gasteiger partial charge >= 0.3 is 0 Å². The van der Waals surface area contributed by atoms with Crippen LogP contribution in [0.4, 0.5) is 8.78 Å². The Morgan fingerprint density at radius 2 is 2.06 bits per heavy atom. The Balaban J connectivity index is 2.24. The second-order valence-corrected chi connectivity index (χ2v) is 3.33.